The van der Waals surface area contributed by atoms with Gasteiger partial charge in [0.1, 0.15) is 0 Å². The third-order valence-corrected chi connectivity index (χ3v) is 15.2. The van der Waals surface area contributed by atoms with Crippen molar-refractivity contribution < 1.29 is 17.8 Å². The molecule has 7 heteroatoms. The maximum absolute atomic E-state index is 13.0. The van der Waals surface area contributed by atoms with Gasteiger partial charge in [0.2, 0.25) is 0 Å². The fourth-order valence-corrected chi connectivity index (χ4v) is 14.0. The van der Waals surface area contributed by atoms with E-state index in [9.17, 15) is 14.7 Å². The Morgan fingerprint density at radius 2 is 1.52 bits per heavy atom. The topological polar surface area (TPSA) is 102 Å². The molecule has 0 spiro atoms. The van der Waals surface area contributed by atoms with Crippen LogP contribution >= 0.6 is 0 Å². The number of unbranched alkanes of at least 4 members (excludes halogenated alkanes) is 2. The van der Waals surface area contributed by atoms with E-state index in [1.165, 1.54) is 0 Å². The molecule has 0 saturated heterocycles. The summed E-state index contributed by atoms with van der Waals surface area (Å²) in [5, 5.41) is 9.57. The van der Waals surface area contributed by atoms with Gasteiger partial charge in [-0.1, -0.05) is 0 Å². The van der Waals surface area contributed by atoms with Crippen LogP contribution in [0.1, 0.15) is 60.2 Å². The summed E-state index contributed by atoms with van der Waals surface area (Å²) >= 11 is -3.78. The summed E-state index contributed by atoms with van der Waals surface area (Å²) in [5.41, 5.74) is 7.44. The Morgan fingerprint density at radius 1 is 0.966 bits per heavy atom. The second-order valence-corrected chi connectivity index (χ2v) is 17.0. The van der Waals surface area contributed by atoms with Crippen molar-refractivity contribution in [3.05, 3.63) is 59.7 Å². The van der Waals surface area contributed by atoms with Gasteiger partial charge in [0.15, 0.2) is 0 Å². The van der Waals surface area contributed by atoms with Crippen molar-refractivity contribution in [2.75, 3.05) is 9.27 Å². The molecule has 0 radical (unpaired) electrons. The summed E-state index contributed by atoms with van der Waals surface area (Å²) in [6.45, 7) is 4.19. The molecule has 2 aromatic rings. The molecule has 29 heavy (non-hydrogen) atoms. The fourth-order valence-electron chi connectivity index (χ4n) is 3.24. The normalized spacial score (nSPS) is 11.1. The predicted octanol–water partition coefficient (Wildman–Crippen LogP) is 5.28. The number of aromatic carboxylic acids is 1. The Balaban J connectivity index is 2.42. The monoisotopic (exact) mass is 506 g/mol. The summed E-state index contributed by atoms with van der Waals surface area (Å²) in [4.78, 5) is 24.7. The van der Waals surface area contributed by atoms with Crippen LogP contribution in [0.2, 0.25) is 8.87 Å². The van der Waals surface area contributed by atoms with Gasteiger partial charge in [-0.2, -0.15) is 0 Å². The van der Waals surface area contributed by atoms with Crippen molar-refractivity contribution in [1.29, 1.82) is 0 Å². The Hall–Kier alpha value is -2.22. The Kier molecular flexibility index (Phi) is 8.82. The Morgan fingerprint density at radius 3 is 2.07 bits per heavy atom. The van der Waals surface area contributed by atoms with Crippen LogP contribution in [-0.2, 0) is 3.07 Å². The number of nitrogen functional groups attached to an aromatic ring is 1. The molecule has 0 unspecified atom stereocenters. The number of carboxylic acids is 1. The zero-order chi connectivity index (χ0) is 21.3. The van der Waals surface area contributed by atoms with E-state index in [-0.39, 0.29) is 5.56 Å². The number of carbonyl (C=O) groups is 2. The number of anilines is 2. The molecule has 6 nitrogen and oxygen atoms in total. The SMILES string of the molecule is CCC[CH2][Sn]([CH2]CCC)([NH]c1ccccc1C(=O)O)[O]C(=O)c1ccccc1N. The van der Waals surface area contributed by atoms with Gasteiger partial charge in [-0.25, -0.2) is 0 Å². The first kappa shape index (κ1) is 23.1. The van der Waals surface area contributed by atoms with Crippen LogP contribution in [0, 0.1) is 0 Å². The average molecular weight is 505 g/mol. The number of benzene rings is 2. The first-order valence-corrected chi connectivity index (χ1v) is 16.7. The predicted molar refractivity (Wildman–Crippen MR) is 118 cm³/mol. The third-order valence-electron chi connectivity index (χ3n) is 4.86. The number of rotatable bonds is 11. The van der Waals surface area contributed by atoms with Gasteiger partial charge >= 0.3 is 177 Å². The molecule has 0 atom stereocenters. The Bertz CT molecular complexity index is 833. The molecule has 0 aliphatic rings. The van der Waals surface area contributed by atoms with Crippen molar-refractivity contribution in [3.8, 4) is 0 Å². The first-order valence-electron chi connectivity index (χ1n) is 10.1. The second kappa shape index (κ2) is 11.1. The standard InChI is InChI=1S/C7H7NO2.C7H6NO2.2C4H9.Sn/c2*8-6-4-2-1-3-5(6)7(9)10;2*1-3-4-2;/h1-4H,8H2,(H,9,10);1-4,8H,(H,9,10);2*1,3-4H2,2H3;/q;-1;;;+2/p-1. The van der Waals surface area contributed by atoms with Crippen LogP contribution in [0.4, 0.5) is 11.4 Å². The fraction of sp³-hybridized carbons (Fsp3) is 0.364. The van der Waals surface area contributed by atoms with Crippen molar-refractivity contribution in [1.82, 2.24) is 0 Å². The molecule has 2 aromatic carbocycles. The van der Waals surface area contributed by atoms with Crippen LogP contribution in [0.5, 0.6) is 0 Å². The van der Waals surface area contributed by atoms with E-state index >= 15 is 0 Å². The molecule has 0 aliphatic heterocycles. The molecule has 2 rings (SSSR count). The van der Waals surface area contributed by atoms with E-state index in [1.54, 1.807) is 48.5 Å². The summed E-state index contributed by atoms with van der Waals surface area (Å²) in [7, 11) is 0. The minimum atomic E-state index is -3.78. The molecule has 0 aliphatic carbocycles. The van der Waals surface area contributed by atoms with E-state index < -0.39 is 31.0 Å². The molecule has 156 valence electrons. The molecule has 0 saturated carbocycles. The van der Waals surface area contributed by atoms with Gasteiger partial charge in [-0.3, -0.25) is 0 Å². The van der Waals surface area contributed by atoms with E-state index in [1.807, 2.05) is 0 Å². The number of hydrogen-bond acceptors (Lipinski definition) is 5. The number of carbonyl (C=O) groups excluding carboxylic acids is 1. The van der Waals surface area contributed by atoms with Crippen LogP contribution < -0.4 is 9.27 Å². The molecular weight excluding hydrogens is 475 g/mol. The number of nitrogens with one attached hydrogen (secondary N) is 1. The van der Waals surface area contributed by atoms with Crippen LogP contribution in [-0.4, -0.2) is 36.1 Å². The quantitative estimate of drug-likeness (QED) is 0.284. The van der Waals surface area contributed by atoms with E-state index in [4.69, 9.17) is 8.81 Å². The van der Waals surface area contributed by atoms with Crippen molar-refractivity contribution >= 4 is 42.4 Å². The van der Waals surface area contributed by atoms with Gasteiger partial charge in [0.25, 0.3) is 0 Å². The molecule has 0 bridgehead atoms. The average Bonchev–Trinajstić information content (AvgIpc) is 2.71. The summed E-state index contributed by atoms with van der Waals surface area (Å²) in [5.74, 6) is -1.43. The summed E-state index contributed by atoms with van der Waals surface area (Å²) in [6, 6.07) is 13.7. The van der Waals surface area contributed by atoms with Gasteiger partial charge in [-0.15, -0.1) is 0 Å². The zero-order valence-electron chi connectivity index (χ0n) is 17.1. The maximum atomic E-state index is 13.0. The van der Waals surface area contributed by atoms with Gasteiger partial charge < -0.3 is 0 Å². The molecule has 0 heterocycles. The van der Waals surface area contributed by atoms with E-state index in [0.717, 1.165) is 34.6 Å². The molecule has 0 amide bonds. The number of hydrogen-bond donors (Lipinski definition) is 3. The first-order chi connectivity index (χ1) is 13.9. The second-order valence-electron chi connectivity index (χ2n) is 7.15. The summed E-state index contributed by atoms with van der Waals surface area (Å²) < 4.78 is 11.3. The summed E-state index contributed by atoms with van der Waals surface area (Å²) in [6.07, 6.45) is 3.77. The van der Waals surface area contributed by atoms with Gasteiger partial charge in [-0.05, 0) is 0 Å². The van der Waals surface area contributed by atoms with Gasteiger partial charge in [0.05, 0.1) is 0 Å². The van der Waals surface area contributed by atoms with Crippen molar-refractivity contribution in [3.63, 3.8) is 0 Å². The molecular formula is C22H30N2O4Sn. The number of nitrogens with two attached hydrogens (primary N) is 1. The number of para-hydroxylation sites is 2. The van der Waals surface area contributed by atoms with Gasteiger partial charge in [0, 0.05) is 0 Å². The molecule has 0 aromatic heterocycles. The minimum absolute atomic E-state index is 0.192. The van der Waals surface area contributed by atoms with Crippen LogP contribution in [0.15, 0.2) is 48.5 Å². The van der Waals surface area contributed by atoms with Crippen LogP contribution in [0.25, 0.3) is 0 Å². The van der Waals surface area contributed by atoms with Crippen molar-refractivity contribution in [2.24, 2.45) is 0 Å². The van der Waals surface area contributed by atoms with Crippen LogP contribution in [0.3, 0.4) is 0 Å². The van der Waals surface area contributed by atoms with E-state index in [2.05, 4.69) is 17.4 Å². The molecule has 4 N–H and O–H groups in total. The molecule has 0 fully saturated rings. The third kappa shape index (κ3) is 6.39. The van der Waals surface area contributed by atoms with E-state index in [0.29, 0.717) is 16.9 Å². The Labute approximate surface area is 177 Å². The van der Waals surface area contributed by atoms with Crippen molar-refractivity contribution in [2.45, 2.75) is 48.4 Å². The zero-order valence-corrected chi connectivity index (χ0v) is 20.0. The number of carboxylic acid groups (broad SMARTS) is 1.